The third-order valence-electron chi connectivity index (χ3n) is 4.61. The van der Waals surface area contributed by atoms with Gasteiger partial charge in [0.2, 0.25) is 0 Å². The van der Waals surface area contributed by atoms with E-state index in [1.54, 1.807) is 7.11 Å². The number of rotatable bonds is 8. The number of nitrogens with zero attached hydrogens (tertiary/aromatic N) is 1. The fraction of sp³-hybridized carbons (Fsp3) is 0.318. The van der Waals surface area contributed by atoms with Crippen molar-refractivity contribution in [3.05, 3.63) is 65.9 Å². The first kappa shape index (κ1) is 19.8. The van der Waals surface area contributed by atoms with E-state index in [2.05, 4.69) is 45.0 Å². The highest BCUT2D eigenvalue weighted by molar-refractivity contribution is 5.83. The zero-order chi connectivity index (χ0) is 19.8. The third-order valence-corrected chi connectivity index (χ3v) is 4.61. The molecule has 1 atom stereocenters. The van der Waals surface area contributed by atoms with Crippen molar-refractivity contribution in [1.29, 1.82) is 0 Å². The first-order chi connectivity index (χ1) is 13.7. The number of H-pyrrole nitrogens is 1. The second-order valence-electron chi connectivity index (χ2n) is 6.55. The first-order valence-electron chi connectivity index (χ1n) is 9.60. The predicted octanol–water partition coefficient (Wildman–Crippen LogP) is 3.01. The average Bonchev–Trinajstić information content (AvgIpc) is 3.15. The molecular weight excluding hydrogens is 352 g/mol. The van der Waals surface area contributed by atoms with Gasteiger partial charge in [0.15, 0.2) is 5.96 Å². The highest BCUT2D eigenvalue weighted by Gasteiger charge is 2.09. The number of aliphatic hydroxyl groups is 1. The van der Waals surface area contributed by atoms with Crippen LogP contribution in [0.2, 0.25) is 0 Å². The molecule has 0 spiro atoms. The Morgan fingerprint density at radius 3 is 2.86 bits per heavy atom. The summed E-state index contributed by atoms with van der Waals surface area (Å²) >= 11 is 0. The van der Waals surface area contributed by atoms with E-state index in [0.29, 0.717) is 5.96 Å². The number of nitrogens with one attached hydrogen (secondary N) is 3. The van der Waals surface area contributed by atoms with Crippen LogP contribution in [-0.4, -0.2) is 42.8 Å². The van der Waals surface area contributed by atoms with Gasteiger partial charge < -0.3 is 25.5 Å². The maximum atomic E-state index is 10.4. The molecule has 6 heteroatoms. The standard InChI is InChI=1S/C22H28N4O2/c1-3-23-22(26-15-21(27)16-7-6-8-18(13-16)28-2)24-12-11-17-14-25-20-10-5-4-9-19(17)20/h4-10,13-14,21,25,27H,3,11-12,15H2,1-2H3,(H2,23,24,26). The first-order valence-corrected chi connectivity index (χ1v) is 9.60. The lowest BCUT2D eigenvalue weighted by atomic mass is 10.1. The Balaban J connectivity index is 1.57. The molecule has 0 aliphatic rings. The minimum atomic E-state index is -0.681. The zero-order valence-corrected chi connectivity index (χ0v) is 16.4. The molecule has 1 unspecified atom stereocenters. The van der Waals surface area contributed by atoms with Crippen LogP contribution in [0.5, 0.6) is 5.75 Å². The Hall–Kier alpha value is -2.99. The fourth-order valence-electron chi connectivity index (χ4n) is 3.13. The molecule has 0 saturated heterocycles. The largest absolute Gasteiger partial charge is 0.497 e. The molecule has 148 valence electrons. The molecule has 6 nitrogen and oxygen atoms in total. The quantitative estimate of drug-likeness (QED) is 0.358. The number of guanidine groups is 1. The number of aliphatic imine (C=N–C) groups is 1. The normalized spacial score (nSPS) is 12.8. The maximum Gasteiger partial charge on any atom is 0.191 e. The molecule has 0 saturated carbocycles. The van der Waals surface area contributed by atoms with Crippen molar-refractivity contribution in [2.45, 2.75) is 19.4 Å². The summed E-state index contributed by atoms with van der Waals surface area (Å²) in [6.07, 6.45) is 2.26. The number of methoxy groups -OCH3 is 1. The smallest absolute Gasteiger partial charge is 0.191 e. The summed E-state index contributed by atoms with van der Waals surface area (Å²) in [4.78, 5) is 7.82. The Kier molecular flexibility index (Phi) is 6.92. The van der Waals surface area contributed by atoms with Crippen LogP contribution < -0.4 is 15.4 Å². The van der Waals surface area contributed by atoms with Gasteiger partial charge in [-0.05, 0) is 42.7 Å². The third kappa shape index (κ3) is 5.04. The van der Waals surface area contributed by atoms with Crippen LogP contribution in [0.15, 0.2) is 59.7 Å². The summed E-state index contributed by atoms with van der Waals surface area (Å²) < 4.78 is 5.21. The van der Waals surface area contributed by atoms with Crippen molar-refractivity contribution < 1.29 is 9.84 Å². The van der Waals surface area contributed by atoms with Crippen molar-refractivity contribution in [1.82, 2.24) is 15.6 Å². The van der Waals surface area contributed by atoms with Crippen LogP contribution >= 0.6 is 0 Å². The molecule has 0 aliphatic carbocycles. The number of hydrogen-bond acceptors (Lipinski definition) is 3. The van der Waals surface area contributed by atoms with Crippen LogP contribution in [0.1, 0.15) is 24.2 Å². The number of aromatic amines is 1. The minimum Gasteiger partial charge on any atom is -0.497 e. The Morgan fingerprint density at radius 2 is 2.04 bits per heavy atom. The molecule has 3 aromatic rings. The average molecular weight is 380 g/mol. The van der Waals surface area contributed by atoms with Gasteiger partial charge in [-0.25, -0.2) is 0 Å². The van der Waals surface area contributed by atoms with Crippen LogP contribution in [0.3, 0.4) is 0 Å². The number of para-hydroxylation sites is 1. The molecule has 1 aromatic heterocycles. The number of ether oxygens (including phenoxy) is 1. The summed E-state index contributed by atoms with van der Waals surface area (Å²) in [5.74, 6) is 1.42. The van der Waals surface area contributed by atoms with Gasteiger partial charge >= 0.3 is 0 Å². The van der Waals surface area contributed by atoms with E-state index >= 15 is 0 Å². The molecule has 0 amide bonds. The van der Waals surface area contributed by atoms with Crippen LogP contribution in [0.25, 0.3) is 10.9 Å². The SMILES string of the molecule is CCNC(=NCC(O)c1cccc(OC)c1)NCCc1c[nH]c2ccccc12. The molecule has 3 rings (SSSR count). The predicted molar refractivity (Wildman–Crippen MR) is 114 cm³/mol. The van der Waals surface area contributed by atoms with Gasteiger partial charge in [0.1, 0.15) is 5.75 Å². The molecule has 28 heavy (non-hydrogen) atoms. The van der Waals surface area contributed by atoms with Crippen LogP contribution in [0.4, 0.5) is 0 Å². The van der Waals surface area contributed by atoms with E-state index < -0.39 is 6.10 Å². The maximum absolute atomic E-state index is 10.4. The van der Waals surface area contributed by atoms with Gasteiger partial charge in [0, 0.05) is 30.2 Å². The monoisotopic (exact) mass is 380 g/mol. The Bertz CT molecular complexity index is 920. The lowest BCUT2D eigenvalue weighted by molar-refractivity contribution is 0.186. The van der Waals surface area contributed by atoms with Crippen molar-refractivity contribution in [2.24, 2.45) is 4.99 Å². The molecule has 0 radical (unpaired) electrons. The second-order valence-corrected chi connectivity index (χ2v) is 6.55. The number of hydrogen-bond donors (Lipinski definition) is 4. The number of benzene rings is 2. The van der Waals surface area contributed by atoms with E-state index in [-0.39, 0.29) is 6.54 Å². The van der Waals surface area contributed by atoms with Crippen LogP contribution in [-0.2, 0) is 6.42 Å². The van der Waals surface area contributed by atoms with E-state index in [0.717, 1.165) is 36.3 Å². The highest BCUT2D eigenvalue weighted by atomic mass is 16.5. The van der Waals surface area contributed by atoms with Gasteiger partial charge in [-0.2, -0.15) is 0 Å². The fourth-order valence-corrected chi connectivity index (χ4v) is 3.13. The van der Waals surface area contributed by atoms with E-state index in [9.17, 15) is 5.11 Å². The molecule has 2 aromatic carbocycles. The highest BCUT2D eigenvalue weighted by Crippen LogP contribution is 2.19. The summed E-state index contributed by atoms with van der Waals surface area (Å²) in [6, 6.07) is 15.7. The van der Waals surface area contributed by atoms with Gasteiger partial charge in [0.25, 0.3) is 0 Å². The van der Waals surface area contributed by atoms with Crippen LogP contribution in [0, 0.1) is 0 Å². The molecule has 0 aliphatic heterocycles. The number of aromatic nitrogens is 1. The lowest BCUT2D eigenvalue weighted by Gasteiger charge is -2.14. The Labute approximate surface area is 165 Å². The second kappa shape index (κ2) is 9.80. The van der Waals surface area contributed by atoms with E-state index in [1.165, 1.54) is 10.9 Å². The van der Waals surface area contributed by atoms with Gasteiger partial charge in [-0.1, -0.05) is 30.3 Å². The molecule has 0 bridgehead atoms. The minimum absolute atomic E-state index is 0.273. The van der Waals surface area contributed by atoms with Crippen molar-refractivity contribution in [2.75, 3.05) is 26.7 Å². The molecular formula is C22H28N4O2. The molecule has 4 N–H and O–H groups in total. The molecule has 1 heterocycles. The summed E-state index contributed by atoms with van der Waals surface area (Å²) in [6.45, 7) is 3.81. The van der Waals surface area contributed by atoms with E-state index in [1.807, 2.05) is 37.3 Å². The summed E-state index contributed by atoms with van der Waals surface area (Å²) in [7, 11) is 1.62. The Morgan fingerprint density at radius 1 is 1.18 bits per heavy atom. The van der Waals surface area contributed by atoms with E-state index in [4.69, 9.17) is 4.74 Å². The van der Waals surface area contributed by atoms with Crippen molar-refractivity contribution in [3.63, 3.8) is 0 Å². The van der Waals surface area contributed by atoms with Gasteiger partial charge in [-0.15, -0.1) is 0 Å². The number of fused-ring (bicyclic) bond motifs is 1. The molecule has 0 fully saturated rings. The lowest BCUT2D eigenvalue weighted by Crippen LogP contribution is -2.38. The summed E-state index contributed by atoms with van der Waals surface area (Å²) in [5, 5.41) is 18.2. The van der Waals surface area contributed by atoms with Crippen molar-refractivity contribution in [3.8, 4) is 5.75 Å². The van der Waals surface area contributed by atoms with Crippen molar-refractivity contribution >= 4 is 16.9 Å². The summed E-state index contributed by atoms with van der Waals surface area (Å²) in [5.41, 5.74) is 3.22. The topological polar surface area (TPSA) is 81.7 Å². The number of aliphatic hydroxyl groups excluding tert-OH is 1. The van der Waals surface area contributed by atoms with Gasteiger partial charge in [-0.3, -0.25) is 4.99 Å². The van der Waals surface area contributed by atoms with Gasteiger partial charge in [0.05, 0.1) is 19.8 Å². The zero-order valence-electron chi connectivity index (χ0n) is 16.4.